The summed E-state index contributed by atoms with van der Waals surface area (Å²) in [5.41, 5.74) is -1.36. The molecule has 1 aliphatic rings. The van der Waals surface area contributed by atoms with Crippen molar-refractivity contribution in [3.05, 3.63) is 22.1 Å². The highest BCUT2D eigenvalue weighted by Gasteiger charge is 2.36. The van der Waals surface area contributed by atoms with E-state index in [-0.39, 0.29) is 24.1 Å². The van der Waals surface area contributed by atoms with E-state index >= 15 is 0 Å². The van der Waals surface area contributed by atoms with Gasteiger partial charge in [-0.1, -0.05) is 0 Å². The van der Waals surface area contributed by atoms with Crippen molar-refractivity contribution in [2.45, 2.75) is 32.4 Å². The van der Waals surface area contributed by atoms with Gasteiger partial charge in [0.2, 0.25) is 5.88 Å². The molecular formula is C17H23BrFN3O5. The molecule has 2 heterocycles. The van der Waals surface area contributed by atoms with Crippen LogP contribution >= 0.6 is 15.9 Å². The van der Waals surface area contributed by atoms with Gasteiger partial charge in [0.1, 0.15) is 5.60 Å². The van der Waals surface area contributed by atoms with Gasteiger partial charge < -0.3 is 24.4 Å². The molecule has 1 fully saturated rings. The Hall–Kier alpha value is -1.94. The number of halogens is 2. The van der Waals surface area contributed by atoms with E-state index in [9.17, 15) is 19.1 Å². The first-order valence-electron chi connectivity index (χ1n) is 9.66. The molecule has 1 N–H and O–H groups in total. The Bertz CT molecular complexity index is 819. The van der Waals surface area contributed by atoms with Crippen LogP contribution in [-0.2, 0) is 4.74 Å². The number of carbonyl (C=O) groups is 2. The van der Waals surface area contributed by atoms with Gasteiger partial charge in [-0.2, -0.15) is 0 Å². The molecule has 1 saturated heterocycles. The molecule has 1 atom stereocenters. The summed E-state index contributed by atoms with van der Waals surface area (Å²) in [4.78, 5) is 31.4. The molecule has 27 heavy (non-hydrogen) atoms. The molecule has 0 unspecified atom stereocenters. The maximum Gasteiger partial charge on any atom is 0.410 e. The van der Waals surface area contributed by atoms with Crippen molar-refractivity contribution in [3.63, 3.8) is 0 Å². The lowest BCUT2D eigenvalue weighted by atomic mass is 10.1. The first-order valence-corrected chi connectivity index (χ1v) is 8.96. The highest BCUT2D eigenvalue weighted by molar-refractivity contribution is 9.10. The summed E-state index contributed by atoms with van der Waals surface area (Å²) in [5.74, 6) is -2.32. The number of aliphatic hydroxyl groups is 1. The molecule has 1 aliphatic heterocycles. The number of hydrogen-bond donors (Lipinski definition) is 1. The molecule has 8 nitrogen and oxygen atoms in total. The molecule has 0 spiro atoms. The van der Waals surface area contributed by atoms with Gasteiger partial charge in [0.15, 0.2) is 11.5 Å². The zero-order valence-corrected chi connectivity index (χ0v) is 16.7. The third-order valence-electron chi connectivity index (χ3n) is 3.80. The Morgan fingerprint density at radius 2 is 2.19 bits per heavy atom. The molecule has 10 heteroatoms. The van der Waals surface area contributed by atoms with Gasteiger partial charge in [-0.25, -0.2) is 14.2 Å². The zero-order chi connectivity index (χ0) is 22.9. The number of rotatable bonds is 3. The number of pyridine rings is 1. The van der Waals surface area contributed by atoms with E-state index in [1.54, 1.807) is 20.8 Å². The van der Waals surface area contributed by atoms with E-state index in [0.29, 0.717) is 0 Å². The second-order valence-electron chi connectivity index (χ2n) is 6.97. The summed E-state index contributed by atoms with van der Waals surface area (Å²) >= 11 is 2.95. The van der Waals surface area contributed by atoms with E-state index < -0.39 is 54.7 Å². The van der Waals surface area contributed by atoms with Crippen molar-refractivity contribution < 1.29 is 32.7 Å². The first kappa shape index (κ1) is 17.2. The summed E-state index contributed by atoms with van der Waals surface area (Å²) in [5, 5.41) is 9.72. The third kappa shape index (κ3) is 5.07. The summed E-state index contributed by atoms with van der Waals surface area (Å²) in [7, 11) is -2.85. The smallest absolute Gasteiger partial charge is 0.410 e. The minimum Gasteiger partial charge on any atom is -0.480 e. The van der Waals surface area contributed by atoms with Crippen molar-refractivity contribution >= 4 is 27.9 Å². The average molecular weight is 451 g/mol. The van der Waals surface area contributed by atoms with Crippen LogP contribution in [0.4, 0.5) is 9.18 Å². The van der Waals surface area contributed by atoms with E-state index in [4.69, 9.17) is 13.6 Å². The second kappa shape index (κ2) is 8.39. The SMILES string of the molecule is [2H]C([2H])([2H])Oc1nc(C(=O)N2CCN(C(=O)OC(C)(C)C)C[C@@H]2CO)c(F)cc1Br. The molecule has 1 aromatic heterocycles. The summed E-state index contributed by atoms with van der Waals surface area (Å²) < 4.78 is 45.8. The average Bonchev–Trinajstić information content (AvgIpc) is 2.60. The fraction of sp³-hybridized carbons (Fsp3) is 0.588. The number of nitrogens with zero attached hydrogens (tertiary/aromatic N) is 3. The maximum absolute atomic E-state index is 14.4. The van der Waals surface area contributed by atoms with Crippen LogP contribution in [0.15, 0.2) is 10.5 Å². The van der Waals surface area contributed by atoms with Crippen LogP contribution < -0.4 is 4.74 Å². The lowest BCUT2D eigenvalue weighted by molar-refractivity contribution is -0.00272. The van der Waals surface area contributed by atoms with Gasteiger partial charge in [-0.15, -0.1) is 0 Å². The number of methoxy groups -OCH3 is 1. The maximum atomic E-state index is 14.4. The van der Waals surface area contributed by atoms with Crippen LogP contribution in [0.25, 0.3) is 0 Å². The van der Waals surface area contributed by atoms with Gasteiger partial charge in [0.05, 0.1) is 28.3 Å². The number of aromatic nitrogens is 1. The van der Waals surface area contributed by atoms with Gasteiger partial charge in [-0.3, -0.25) is 4.79 Å². The Morgan fingerprint density at radius 3 is 2.78 bits per heavy atom. The first-order chi connectivity index (χ1) is 13.7. The number of carbonyl (C=O) groups excluding carboxylic acids is 2. The Kier molecular flexibility index (Phi) is 5.34. The molecular weight excluding hydrogens is 425 g/mol. The third-order valence-corrected chi connectivity index (χ3v) is 4.37. The number of amides is 2. The lowest BCUT2D eigenvalue weighted by Gasteiger charge is -2.40. The predicted molar refractivity (Wildman–Crippen MR) is 98.2 cm³/mol. The molecule has 0 saturated carbocycles. The minimum atomic E-state index is -2.85. The van der Waals surface area contributed by atoms with Gasteiger partial charge >= 0.3 is 6.09 Å². The molecule has 2 amide bonds. The van der Waals surface area contributed by atoms with Crippen LogP contribution in [0.1, 0.15) is 35.4 Å². The standard InChI is InChI=1S/C17H23BrFN3O5/c1-17(2,3)27-16(25)21-5-6-22(10(8-21)9-23)15(24)13-12(19)7-11(18)14(20-13)26-4/h7,10,23H,5-6,8-9H2,1-4H3/t10-/m1/s1/i4D3. The molecule has 0 radical (unpaired) electrons. The zero-order valence-electron chi connectivity index (χ0n) is 18.2. The van der Waals surface area contributed by atoms with E-state index in [0.717, 1.165) is 6.07 Å². The highest BCUT2D eigenvalue weighted by Crippen LogP contribution is 2.26. The van der Waals surface area contributed by atoms with Crippen molar-refractivity contribution in [2.24, 2.45) is 0 Å². The summed E-state index contributed by atoms with van der Waals surface area (Å²) in [6.07, 6.45) is -0.589. The van der Waals surface area contributed by atoms with Crippen LogP contribution in [-0.4, -0.2) is 76.8 Å². The van der Waals surface area contributed by atoms with Gasteiger partial charge in [0.25, 0.3) is 5.91 Å². The lowest BCUT2D eigenvalue weighted by Crippen LogP contribution is -2.58. The number of ether oxygens (including phenoxy) is 2. The number of piperazine rings is 1. The van der Waals surface area contributed by atoms with Crippen LogP contribution in [0.3, 0.4) is 0 Å². The largest absolute Gasteiger partial charge is 0.480 e. The van der Waals surface area contributed by atoms with Crippen molar-refractivity contribution in [3.8, 4) is 5.88 Å². The van der Waals surface area contributed by atoms with E-state index in [2.05, 4.69) is 20.9 Å². The molecule has 0 bridgehead atoms. The highest BCUT2D eigenvalue weighted by atomic mass is 79.9. The quantitative estimate of drug-likeness (QED) is 0.757. The Morgan fingerprint density at radius 1 is 1.48 bits per heavy atom. The molecule has 2 rings (SSSR count). The van der Waals surface area contributed by atoms with Crippen LogP contribution in [0.5, 0.6) is 5.88 Å². The predicted octanol–water partition coefficient (Wildman–Crippen LogP) is 2.05. The number of hydrogen-bond acceptors (Lipinski definition) is 6. The summed E-state index contributed by atoms with van der Waals surface area (Å²) in [6, 6.07) is 0.0576. The van der Waals surface area contributed by atoms with E-state index in [1.807, 2.05) is 0 Å². The minimum absolute atomic E-state index is 0.00402. The number of aliphatic hydroxyl groups excluding tert-OH is 1. The Labute approximate surface area is 169 Å². The van der Waals surface area contributed by atoms with E-state index in [1.165, 1.54) is 9.80 Å². The van der Waals surface area contributed by atoms with Crippen LogP contribution in [0, 0.1) is 5.82 Å². The molecule has 150 valence electrons. The van der Waals surface area contributed by atoms with Crippen molar-refractivity contribution in [2.75, 3.05) is 33.3 Å². The topological polar surface area (TPSA) is 92.2 Å². The molecule has 0 aliphatic carbocycles. The van der Waals surface area contributed by atoms with Gasteiger partial charge in [0, 0.05) is 19.6 Å². The molecule has 1 aromatic rings. The fourth-order valence-corrected chi connectivity index (χ4v) is 2.95. The normalized spacial score (nSPS) is 19.8. The Balaban J connectivity index is 2.23. The molecule has 0 aromatic carbocycles. The second-order valence-corrected chi connectivity index (χ2v) is 7.82. The van der Waals surface area contributed by atoms with Crippen LogP contribution in [0.2, 0.25) is 0 Å². The van der Waals surface area contributed by atoms with Crippen molar-refractivity contribution in [1.82, 2.24) is 14.8 Å². The van der Waals surface area contributed by atoms with Gasteiger partial charge in [-0.05, 0) is 42.8 Å². The van der Waals surface area contributed by atoms with Crippen molar-refractivity contribution in [1.29, 1.82) is 0 Å². The fourth-order valence-electron chi connectivity index (χ4n) is 2.58. The monoisotopic (exact) mass is 450 g/mol. The summed E-state index contributed by atoms with van der Waals surface area (Å²) in [6.45, 7) is 4.75.